The topological polar surface area (TPSA) is 84.2 Å². The van der Waals surface area contributed by atoms with Crippen LogP contribution in [0.15, 0.2) is 53.3 Å². The molecule has 0 aliphatic carbocycles. The normalized spacial score (nSPS) is 10.4. The number of amides is 2. The van der Waals surface area contributed by atoms with Crippen LogP contribution in [-0.2, 0) is 4.79 Å². The van der Waals surface area contributed by atoms with E-state index in [4.69, 9.17) is 4.42 Å². The summed E-state index contributed by atoms with van der Waals surface area (Å²) >= 11 is 0. The Morgan fingerprint density at radius 2 is 1.73 bits per heavy atom. The zero-order chi connectivity index (χ0) is 15.5. The van der Waals surface area contributed by atoms with Gasteiger partial charge in [-0.15, -0.1) is 0 Å². The zero-order valence-corrected chi connectivity index (χ0v) is 11.8. The molecule has 110 valence electrons. The van der Waals surface area contributed by atoms with Crippen LogP contribution < -0.4 is 10.6 Å². The lowest BCUT2D eigenvalue weighted by molar-refractivity contribution is -0.114. The summed E-state index contributed by atoms with van der Waals surface area (Å²) in [5.74, 6) is -0.393. The zero-order valence-electron chi connectivity index (χ0n) is 11.8. The third kappa shape index (κ3) is 2.95. The molecule has 1 heterocycles. The van der Waals surface area contributed by atoms with Crippen molar-refractivity contribution in [3.63, 3.8) is 0 Å². The molecule has 0 aliphatic heterocycles. The Labute approximate surface area is 126 Å². The highest BCUT2D eigenvalue weighted by molar-refractivity contribution is 6.05. The minimum atomic E-state index is -0.239. The molecule has 2 N–H and O–H groups in total. The Morgan fingerprint density at radius 3 is 2.45 bits per heavy atom. The van der Waals surface area contributed by atoms with Gasteiger partial charge in [-0.05, 0) is 42.5 Å². The molecule has 0 unspecified atom stereocenters. The molecule has 0 aliphatic rings. The van der Waals surface area contributed by atoms with E-state index in [-0.39, 0.29) is 11.8 Å². The quantitative estimate of drug-likeness (QED) is 0.777. The van der Waals surface area contributed by atoms with Crippen molar-refractivity contribution in [3.05, 3.63) is 54.4 Å². The van der Waals surface area contributed by atoms with Crippen molar-refractivity contribution in [2.75, 3.05) is 10.6 Å². The van der Waals surface area contributed by atoms with Crippen LogP contribution in [0, 0.1) is 0 Å². The number of carbonyl (C=O) groups excluding carboxylic acids is 2. The van der Waals surface area contributed by atoms with Gasteiger partial charge in [-0.1, -0.05) is 0 Å². The van der Waals surface area contributed by atoms with Gasteiger partial charge in [0.2, 0.25) is 5.91 Å². The van der Waals surface area contributed by atoms with Crippen LogP contribution in [0.1, 0.15) is 17.3 Å². The number of hydrogen-bond acceptors (Lipinski definition) is 4. The smallest absolute Gasteiger partial charge is 0.255 e. The molecule has 0 bridgehead atoms. The number of fused-ring (bicyclic) bond motifs is 1. The highest BCUT2D eigenvalue weighted by Crippen LogP contribution is 2.18. The lowest BCUT2D eigenvalue weighted by Crippen LogP contribution is -2.12. The minimum Gasteiger partial charge on any atom is -0.443 e. The molecule has 1 aromatic heterocycles. The largest absolute Gasteiger partial charge is 0.443 e. The summed E-state index contributed by atoms with van der Waals surface area (Å²) < 4.78 is 5.15. The molecule has 3 aromatic rings. The first-order chi connectivity index (χ1) is 10.6. The minimum absolute atomic E-state index is 0.155. The van der Waals surface area contributed by atoms with Crippen molar-refractivity contribution >= 4 is 34.3 Å². The van der Waals surface area contributed by atoms with Crippen LogP contribution in [0.2, 0.25) is 0 Å². The van der Waals surface area contributed by atoms with E-state index >= 15 is 0 Å². The van der Waals surface area contributed by atoms with E-state index in [1.54, 1.807) is 42.5 Å². The van der Waals surface area contributed by atoms with Crippen LogP contribution in [0.3, 0.4) is 0 Å². The van der Waals surface area contributed by atoms with Crippen molar-refractivity contribution in [2.45, 2.75) is 6.92 Å². The highest BCUT2D eigenvalue weighted by Gasteiger charge is 2.08. The molecule has 0 spiro atoms. The molecule has 0 saturated heterocycles. The van der Waals surface area contributed by atoms with E-state index < -0.39 is 0 Å². The lowest BCUT2D eigenvalue weighted by Gasteiger charge is -2.06. The van der Waals surface area contributed by atoms with Crippen molar-refractivity contribution in [1.29, 1.82) is 0 Å². The third-order valence-corrected chi connectivity index (χ3v) is 3.06. The SMILES string of the molecule is CC(=O)Nc1ccc(C(=O)Nc2ccc3ocnc3c2)cc1. The van der Waals surface area contributed by atoms with Gasteiger partial charge in [-0.3, -0.25) is 9.59 Å². The summed E-state index contributed by atoms with van der Waals surface area (Å²) in [6.45, 7) is 1.43. The first kappa shape index (κ1) is 13.8. The van der Waals surface area contributed by atoms with Gasteiger partial charge in [0.25, 0.3) is 5.91 Å². The van der Waals surface area contributed by atoms with Gasteiger partial charge in [-0.25, -0.2) is 4.98 Å². The second-order valence-electron chi connectivity index (χ2n) is 4.75. The highest BCUT2D eigenvalue weighted by atomic mass is 16.3. The molecular weight excluding hydrogens is 282 g/mol. The van der Waals surface area contributed by atoms with Crippen molar-refractivity contribution in [1.82, 2.24) is 4.98 Å². The van der Waals surface area contributed by atoms with Crippen LogP contribution in [-0.4, -0.2) is 16.8 Å². The van der Waals surface area contributed by atoms with Gasteiger partial charge in [0.1, 0.15) is 5.52 Å². The third-order valence-electron chi connectivity index (χ3n) is 3.06. The molecule has 0 atom stereocenters. The number of nitrogens with zero attached hydrogens (tertiary/aromatic N) is 1. The molecule has 3 rings (SSSR count). The summed E-state index contributed by atoms with van der Waals surface area (Å²) in [5, 5.41) is 5.44. The van der Waals surface area contributed by atoms with Gasteiger partial charge >= 0.3 is 0 Å². The van der Waals surface area contributed by atoms with Gasteiger partial charge in [0, 0.05) is 23.9 Å². The summed E-state index contributed by atoms with van der Waals surface area (Å²) in [6, 6.07) is 11.9. The first-order valence-electron chi connectivity index (χ1n) is 6.64. The fraction of sp³-hybridized carbons (Fsp3) is 0.0625. The second kappa shape index (κ2) is 5.69. The number of oxazole rings is 1. The predicted octanol–water partition coefficient (Wildman–Crippen LogP) is 3.04. The summed E-state index contributed by atoms with van der Waals surface area (Å²) in [4.78, 5) is 27.2. The standard InChI is InChI=1S/C16H13N3O3/c1-10(20)18-12-4-2-11(3-5-12)16(21)19-13-6-7-15-14(8-13)17-9-22-15/h2-9H,1H3,(H,18,20)(H,19,21). The Balaban J connectivity index is 1.74. The molecule has 2 amide bonds. The Hall–Kier alpha value is -3.15. The number of rotatable bonds is 3. The molecular formula is C16H13N3O3. The first-order valence-corrected chi connectivity index (χ1v) is 6.64. The fourth-order valence-corrected chi connectivity index (χ4v) is 2.05. The summed E-state index contributed by atoms with van der Waals surface area (Å²) in [7, 11) is 0. The van der Waals surface area contributed by atoms with E-state index in [0.717, 1.165) is 0 Å². The van der Waals surface area contributed by atoms with E-state index in [2.05, 4.69) is 15.6 Å². The number of anilines is 2. The number of aromatic nitrogens is 1. The molecule has 0 fully saturated rings. The van der Waals surface area contributed by atoms with Crippen molar-refractivity contribution in [2.24, 2.45) is 0 Å². The van der Waals surface area contributed by atoms with Crippen molar-refractivity contribution < 1.29 is 14.0 Å². The monoisotopic (exact) mass is 295 g/mol. The predicted molar refractivity (Wildman–Crippen MR) is 82.7 cm³/mol. The summed E-state index contributed by atoms with van der Waals surface area (Å²) in [6.07, 6.45) is 1.36. The van der Waals surface area contributed by atoms with E-state index in [1.807, 2.05) is 0 Å². The maximum atomic E-state index is 12.2. The van der Waals surface area contributed by atoms with Crippen LogP contribution in [0.4, 0.5) is 11.4 Å². The Morgan fingerprint density at radius 1 is 1.00 bits per heavy atom. The average Bonchev–Trinajstić information content (AvgIpc) is 2.95. The van der Waals surface area contributed by atoms with E-state index in [1.165, 1.54) is 13.3 Å². The maximum absolute atomic E-state index is 12.2. The van der Waals surface area contributed by atoms with Crippen molar-refractivity contribution in [3.8, 4) is 0 Å². The van der Waals surface area contributed by atoms with Crippen LogP contribution >= 0.6 is 0 Å². The fourth-order valence-electron chi connectivity index (χ4n) is 2.05. The second-order valence-corrected chi connectivity index (χ2v) is 4.75. The molecule has 0 radical (unpaired) electrons. The Bertz CT molecular complexity index is 837. The van der Waals surface area contributed by atoms with E-state index in [0.29, 0.717) is 28.0 Å². The van der Waals surface area contributed by atoms with Gasteiger partial charge in [-0.2, -0.15) is 0 Å². The van der Waals surface area contributed by atoms with Crippen LogP contribution in [0.5, 0.6) is 0 Å². The van der Waals surface area contributed by atoms with Gasteiger partial charge in [0.05, 0.1) is 0 Å². The molecule has 0 saturated carbocycles. The molecule has 2 aromatic carbocycles. The molecule has 6 heteroatoms. The van der Waals surface area contributed by atoms with Gasteiger partial charge < -0.3 is 15.1 Å². The van der Waals surface area contributed by atoms with Gasteiger partial charge in [0.15, 0.2) is 12.0 Å². The molecule has 22 heavy (non-hydrogen) atoms. The Kier molecular flexibility index (Phi) is 3.57. The number of benzene rings is 2. The lowest BCUT2D eigenvalue weighted by atomic mass is 10.2. The number of hydrogen-bond donors (Lipinski definition) is 2. The number of carbonyl (C=O) groups is 2. The maximum Gasteiger partial charge on any atom is 0.255 e. The average molecular weight is 295 g/mol. The number of nitrogens with one attached hydrogen (secondary N) is 2. The van der Waals surface area contributed by atoms with Crippen LogP contribution in [0.25, 0.3) is 11.1 Å². The summed E-state index contributed by atoms with van der Waals surface area (Å²) in [5.41, 5.74) is 3.12. The van der Waals surface area contributed by atoms with E-state index in [9.17, 15) is 9.59 Å². The molecule has 6 nitrogen and oxygen atoms in total.